The Kier molecular flexibility index (Phi) is 11.8. The maximum Gasteiger partial charge on any atom is 0.115 e. The number of hydrogen-bond donors (Lipinski definition) is 8. The van der Waals surface area contributed by atoms with Gasteiger partial charge >= 0.3 is 0 Å². The van der Waals surface area contributed by atoms with Crippen LogP contribution in [0, 0.1) is 5.41 Å². The third-order valence-corrected chi connectivity index (χ3v) is 17.5. The SMILES string of the molecule is CC(C)(C1(c2ccc(O)cc2)CCC(c2ccc(O)cc2)(c2ccc(O)cc2)CC1c1ccc(O)cc1)C1(c2ccc(O)cc2)CCC(c2ccc(O)cc2)(c2ccc(O)cc2)CC1c1ccc(O)cc1. The molecule has 360 valence electrons. The molecule has 0 amide bonds. The fraction of sp³-hybridized carbons (Fsp3) is 0.238. The lowest BCUT2D eigenvalue weighted by molar-refractivity contribution is -0.0461. The topological polar surface area (TPSA) is 162 Å². The van der Waals surface area contributed by atoms with Gasteiger partial charge in [-0.05, 0) is 197 Å². The van der Waals surface area contributed by atoms with Crippen LogP contribution in [0.4, 0.5) is 0 Å². The molecule has 0 bridgehead atoms. The number of rotatable bonds is 10. The van der Waals surface area contributed by atoms with Crippen LogP contribution in [0.1, 0.15) is 109 Å². The minimum absolute atomic E-state index is 0.140. The van der Waals surface area contributed by atoms with Crippen LogP contribution < -0.4 is 0 Å². The van der Waals surface area contributed by atoms with Crippen LogP contribution in [-0.4, -0.2) is 40.9 Å². The Morgan fingerprint density at radius 1 is 0.282 bits per heavy atom. The van der Waals surface area contributed by atoms with Gasteiger partial charge in [0.25, 0.3) is 0 Å². The van der Waals surface area contributed by atoms with E-state index in [9.17, 15) is 40.9 Å². The Labute approximate surface area is 415 Å². The standard InChI is InChI=1S/C63H60O8/c1-59(2,62(47-15-31-55(70)32-16-47)37-35-60(43-7-23-51(66)24-8-43,44-9-25-52(67)26-10-44)39-57(62)41-3-19-49(64)20-4-41)63(48-17-33-56(71)34-18-48)38-36-61(45-11-27-53(68)28-12-45,46-13-29-54(69)30-14-46)40-58(63)42-5-21-50(65)22-6-42/h3-34,57-58,64-71H,35-40H2,1-2H3. The van der Waals surface area contributed by atoms with Crippen molar-refractivity contribution in [3.05, 3.63) is 239 Å². The summed E-state index contributed by atoms with van der Waals surface area (Å²) in [4.78, 5) is 0. The third kappa shape index (κ3) is 7.77. The average molecular weight is 945 g/mol. The van der Waals surface area contributed by atoms with Crippen molar-refractivity contribution >= 4 is 0 Å². The van der Waals surface area contributed by atoms with E-state index in [1.54, 1.807) is 97.1 Å². The maximum absolute atomic E-state index is 11.1. The van der Waals surface area contributed by atoms with Gasteiger partial charge < -0.3 is 40.9 Å². The molecule has 2 aliphatic carbocycles. The predicted molar refractivity (Wildman–Crippen MR) is 277 cm³/mol. The van der Waals surface area contributed by atoms with E-state index in [4.69, 9.17) is 0 Å². The summed E-state index contributed by atoms with van der Waals surface area (Å²) < 4.78 is 0. The maximum atomic E-state index is 11.1. The van der Waals surface area contributed by atoms with Crippen molar-refractivity contribution in [1.82, 2.24) is 0 Å². The number of phenols is 8. The lowest BCUT2D eigenvalue weighted by Gasteiger charge is -2.68. The summed E-state index contributed by atoms with van der Waals surface area (Å²) in [6.07, 6.45) is 3.64. The Morgan fingerprint density at radius 2 is 0.479 bits per heavy atom. The second-order valence-corrected chi connectivity index (χ2v) is 20.7. The molecule has 2 saturated carbocycles. The molecule has 8 nitrogen and oxygen atoms in total. The van der Waals surface area contributed by atoms with Crippen molar-refractivity contribution in [3.8, 4) is 46.0 Å². The molecule has 2 aliphatic rings. The van der Waals surface area contributed by atoms with E-state index in [2.05, 4.69) is 38.1 Å². The molecule has 10 rings (SSSR count). The number of phenolic OH excluding ortho intramolecular Hbond substituents is 8. The van der Waals surface area contributed by atoms with E-state index in [0.717, 1.165) is 44.5 Å². The van der Waals surface area contributed by atoms with Gasteiger partial charge in [-0.2, -0.15) is 0 Å². The van der Waals surface area contributed by atoms with Crippen LogP contribution in [0.25, 0.3) is 0 Å². The summed E-state index contributed by atoms with van der Waals surface area (Å²) in [7, 11) is 0. The summed E-state index contributed by atoms with van der Waals surface area (Å²) in [6.45, 7) is 4.80. The largest absolute Gasteiger partial charge is 0.508 e. The van der Waals surface area contributed by atoms with Crippen molar-refractivity contribution in [3.63, 3.8) is 0 Å². The van der Waals surface area contributed by atoms with Gasteiger partial charge in [0.05, 0.1) is 0 Å². The zero-order valence-corrected chi connectivity index (χ0v) is 40.0. The normalized spacial score (nSPS) is 21.8. The fourth-order valence-corrected chi connectivity index (χ4v) is 14.0. The molecule has 8 N–H and O–H groups in total. The van der Waals surface area contributed by atoms with Gasteiger partial charge in [0.15, 0.2) is 0 Å². The minimum atomic E-state index is -0.779. The molecule has 0 aliphatic heterocycles. The first kappa shape index (κ1) is 46.9. The molecular weight excluding hydrogens is 885 g/mol. The van der Waals surface area contributed by atoms with Crippen LogP contribution in [-0.2, 0) is 21.7 Å². The van der Waals surface area contributed by atoms with Crippen molar-refractivity contribution in [2.75, 3.05) is 0 Å². The average Bonchev–Trinajstić information content (AvgIpc) is 3.38. The second-order valence-electron chi connectivity index (χ2n) is 20.7. The molecule has 0 radical (unpaired) electrons. The minimum Gasteiger partial charge on any atom is -0.508 e. The molecule has 0 saturated heterocycles. The lowest BCUT2D eigenvalue weighted by Crippen LogP contribution is -2.64. The molecule has 0 spiro atoms. The summed E-state index contributed by atoms with van der Waals surface area (Å²) in [5.41, 5.74) is 4.53. The molecule has 71 heavy (non-hydrogen) atoms. The number of aromatic hydroxyl groups is 8. The highest BCUT2D eigenvalue weighted by Crippen LogP contribution is 2.74. The van der Waals surface area contributed by atoms with Gasteiger partial charge in [-0.25, -0.2) is 0 Å². The van der Waals surface area contributed by atoms with E-state index in [1.807, 2.05) is 72.8 Å². The Morgan fingerprint density at radius 3 is 0.704 bits per heavy atom. The van der Waals surface area contributed by atoms with Crippen LogP contribution in [0.2, 0.25) is 0 Å². The molecule has 8 aromatic rings. The van der Waals surface area contributed by atoms with E-state index >= 15 is 0 Å². The number of benzene rings is 8. The summed E-state index contributed by atoms with van der Waals surface area (Å²) in [5, 5.41) is 86.7. The first-order valence-electron chi connectivity index (χ1n) is 24.5. The Bertz CT molecular complexity index is 2810. The van der Waals surface area contributed by atoms with Crippen LogP contribution >= 0.6 is 0 Å². The van der Waals surface area contributed by atoms with Crippen molar-refractivity contribution in [2.45, 2.75) is 85.9 Å². The van der Waals surface area contributed by atoms with E-state index in [0.29, 0.717) is 38.5 Å². The fourth-order valence-electron chi connectivity index (χ4n) is 14.0. The Hall–Kier alpha value is -7.84. The molecule has 4 unspecified atom stereocenters. The highest BCUT2D eigenvalue weighted by Gasteiger charge is 2.68. The summed E-state index contributed by atoms with van der Waals surface area (Å²) >= 11 is 0. The smallest absolute Gasteiger partial charge is 0.115 e. The van der Waals surface area contributed by atoms with Gasteiger partial charge in [-0.15, -0.1) is 0 Å². The quantitative estimate of drug-likeness (QED) is 0.0672. The summed E-state index contributed by atoms with van der Waals surface area (Å²) in [5.74, 6) is 0.596. The van der Waals surface area contributed by atoms with E-state index in [-0.39, 0.29) is 57.8 Å². The Balaban J connectivity index is 1.30. The molecule has 0 heterocycles. The first-order valence-corrected chi connectivity index (χ1v) is 24.5. The molecule has 8 heteroatoms. The van der Waals surface area contributed by atoms with Crippen molar-refractivity contribution in [1.29, 1.82) is 0 Å². The van der Waals surface area contributed by atoms with Crippen LogP contribution in [0.15, 0.2) is 194 Å². The first-order chi connectivity index (χ1) is 34.1. The molecule has 4 atom stereocenters. The zero-order chi connectivity index (χ0) is 49.8. The third-order valence-electron chi connectivity index (χ3n) is 17.5. The highest BCUT2D eigenvalue weighted by atomic mass is 16.3. The van der Waals surface area contributed by atoms with Gasteiger partial charge in [0.2, 0.25) is 0 Å². The van der Waals surface area contributed by atoms with Gasteiger partial charge in [-0.3, -0.25) is 0 Å². The van der Waals surface area contributed by atoms with Crippen LogP contribution in [0.3, 0.4) is 0 Å². The predicted octanol–water partition coefficient (Wildman–Crippen LogP) is 13.4. The van der Waals surface area contributed by atoms with Gasteiger partial charge in [-0.1, -0.05) is 111 Å². The molecule has 8 aromatic carbocycles. The molecule has 0 aromatic heterocycles. The zero-order valence-electron chi connectivity index (χ0n) is 40.0. The van der Waals surface area contributed by atoms with E-state index < -0.39 is 27.1 Å². The number of hydrogen-bond acceptors (Lipinski definition) is 8. The summed E-state index contributed by atoms with van der Waals surface area (Å²) in [6, 6.07) is 60.4. The highest BCUT2D eigenvalue weighted by molar-refractivity contribution is 5.55. The lowest BCUT2D eigenvalue weighted by atomic mass is 9.34. The molecular formula is C63H60O8. The monoisotopic (exact) mass is 944 g/mol. The second kappa shape index (κ2) is 17.8. The van der Waals surface area contributed by atoms with Gasteiger partial charge in [0, 0.05) is 21.7 Å². The van der Waals surface area contributed by atoms with E-state index in [1.165, 1.54) is 0 Å². The van der Waals surface area contributed by atoms with Crippen molar-refractivity contribution < 1.29 is 40.9 Å². The van der Waals surface area contributed by atoms with Crippen LogP contribution in [0.5, 0.6) is 46.0 Å². The molecule has 2 fully saturated rings. The van der Waals surface area contributed by atoms with Crippen molar-refractivity contribution in [2.24, 2.45) is 5.41 Å². The van der Waals surface area contributed by atoms with Gasteiger partial charge in [0.1, 0.15) is 46.0 Å².